The number of hydrogen-bond donors (Lipinski definition) is 0. The van der Waals surface area contributed by atoms with Crippen LogP contribution in [0.1, 0.15) is 12.8 Å². The Kier molecular flexibility index (Phi) is 3.03. The minimum absolute atomic E-state index is 0.193. The molecule has 0 radical (unpaired) electrons. The van der Waals surface area contributed by atoms with Crippen molar-refractivity contribution in [1.29, 1.82) is 0 Å². The van der Waals surface area contributed by atoms with Crippen LogP contribution in [0.2, 0.25) is 0 Å². The van der Waals surface area contributed by atoms with E-state index in [1.165, 1.54) is 0 Å². The van der Waals surface area contributed by atoms with E-state index in [4.69, 9.17) is 0 Å². The Bertz CT molecular complexity index is 667. The molecular formula is C16H17N5O. The summed E-state index contributed by atoms with van der Waals surface area (Å²) >= 11 is 0. The SMILES string of the molecule is O=C1N(c2cccnc2)CC12CCN(c1ncccn1)CC2. The van der Waals surface area contributed by atoms with Gasteiger partial charge in [-0.2, -0.15) is 0 Å². The van der Waals surface area contributed by atoms with Gasteiger partial charge in [0.25, 0.3) is 0 Å². The van der Waals surface area contributed by atoms with E-state index in [1.54, 1.807) is 24.8 Å². The van der Waals surface area contributed by atoms with Gasteiger partial charge < -0.3 is 9.80 Å². The zero-order valence-corrected chi connectivity index (χ0v) is 12.2. The molecule has 2 aliphatic heterocycles. The van der Waals surface area contributed by atoms with Crippen LogP contribution in [0, 0.1) is 5.41 Å². The molecule has 2 aromatic heterocycles. The van der Waals surface area contributed by atoms with Gasteiger partial charge in [-0.25, -0.2) is 9.97 Å². The highest BCUT2D eigenvalue weighted by atomic mass is 16.2. The highest BCUT2D eigenvalue weighted by Gasteiger charge is 2.53. The Balaban J connectivity index is 1.43. The van der Waals surface area contributed by atoms with Crippen LogP contribution in [0.5, 0.6) is 0 Å². The lowest BCUT2D eigenvalue weighted by atomic mass is 9.71. The molecular weight excluding hydrogens is 278 g/mol. The number of amides is 1. The molecule has 22 heavy (non-hydrogen) atoms. The maximum atomic E-state index is 12.6. The summed E-state index contributed by atoms with van der Waals surface area (Å²) in [6.45, 7) is 2.45. The number of nitrogens with zero attached hydrogens (tertiary/aromatic N) is 5. The first-order valence-electron chi connectivity index (χ1n) is 7.52. The molecule has 0 atom stereocenters. The van der Waals surface area contributed by atoms with Crippen LogP contribution in [0.4, 0.5) is 11.6 Å². The van der Waals surface area contributed by atoms with Crippen molar-refractivity contribution in [3.05, 3.63) is 43.0 Å². The fraction of sp³-hybridized carbons (Fsp3) is 0.375. The third-order valence-electron chi connectivity index (χ3n) is 4.67. The van der Waals surface area contributed by atoms with Crippen molar-refractivity contribution in [3.8, 4) is 0 Å². The van der Waals surface area contributed by atoms with Crippen LogP contribution in [-0.2, 0) is 4.79 Å². The second-order valence-electron chi connectivity index (χ2n) is 5.92. The first-order valence-corrected chi connectivity index (χ1v) is 7.52. The number of hydrogen-bond acceptors (Lipinski definition) is 5. The fourth-order valence-corrected chi connectivity index (χ4v) is 3.32. The van der Waals surface area contributed by atoms with E-state index < -0.39 is 0 Å². The van der Waals surface area contributed by atoms with Gasteiger partial charge >= 0.3 is 0 Å². The molecule has 2 aromatic rings. The Morgan fingerprint density at radius 3 is 2.45 bits per heavy atom. The van der Waals surface area contributed by atoms with Crippen LogP contribution in [0.25, 0.3) is 0 Å². The maximum absolute atomic E-state index is 12.6. The molecule has 2 aliphatic rings. The zero-order valence-electron chi connectivity index (χ0n) is 12.2. The van der Waals surface area contributed by atoms with E-state index >= 15 is 0 Å². The number of pyridine rings is 1. The highest BCUT2D eigenvalue weighted by Crippen LogP contribution is 2.43. The minimum atomic E-state index is -0.193. The molecule has 6 heteroatoms. The van der Waals surface area contributed by atoms with Crippen molar-refractivity contribution in [3.63, 3.8) is 0 Å². The Morgan fingerprint density at radius 2 is 1.82 bits per heavy atom. The molecule has 2 fully saturated rings. The lowest BCUT2D eigenvalue weighted by molar-refractivity contribution is -0.136. The summed E-state index contributed by atoms with van der Waals surface area (Å²) in [4.78, 5) is 29.3. The lowest BCUT2D eigenvalue weighted by Crippen LogP contribution is -2.65. The van der Waals surface area contributed by atoms with Crippen LogP contribution >= 0.6 is 0 Å². The molecule has 4 heterocycles. The molecule has 0 unspecified atom stereocenters. The summed E-state index contributed by atoms with van der Waals surface area (Å²) in [6, 6.07) is 5.61. The average Bonchev–Trinajstić information content (AvgIpc) is 2.61. The van der Waals surface area contributed by atoms with Gasteiger partial charge in [0.05, 0.1) is 17.3 Å². The number of rotatable bonds is 2. The maximum Gasteiger partial charge on any atom is 0.235 e. The van der Waals surface area contributed by atoms with Crippen molar-refractivity contribution < 1.29 is 4.79 Å². The number of carbonyl (C=O) groups excluding carboxylic acids is 1. The van der Waals surface area contributed by atoms with Crippen molar-refractivity contribution in [2.75, 3.05) is 29.4 Å². The van der Waals surface area contributed by atoms with Crippen LogP contribution < -0.4 is 9.80 Å². The van der Waals surface area contributed by atoms with Crippen LogP contribution in [0.15, 0.2) is 43.0 Å². The lowest BCUT2D eigenvalue weighted by Gasteiger charge is -2.52. The van der Waals surface area contributed by atoms with Gasteiger partial charge in [-0.1, -0.05) is 0 Å². The minimum Gasteiger partial charge on any atom is -0.341 e. The molecule has 1 spiro atoms. The molecule has 1 amide bonds. The summed E-state index contributed by atoms with van der Waals surface area (Å²) in [5, 5.41) is 0. The Morgan fingerprint density at radius 1 is 1.05 bits per heavy atom. The Labute approximate surface area is 128 Å². The highest BCUT2D eigenvalue weighted by molar-refractivity contribution is 6.04. The monoisotopic (exact) mass is 295 g/mol. The Hall–Kier alpha value is -2.50. The summed E-state index contributed by atoms with van der Waals surface area (Å²) in [5.74, 6) is 0.988. The fourth-order valence-electron chi connectivity index (χ4n) is 3.32. The second-order valence-corrected chi connectivity index (χ2v) is 5.92. The molecule has 0 bridgehead atoms. The predicted molar refractivity (Wildman–Crippen MR) is 82.5 cm³/mol. The van der Waals surface area contributed by atoms with Crippen LogP contribution in [-0.4, -0.2) is 40.5 Å². The van der Waals surface area contributed by atoms with Gasteiger partial charge in [-0.05, 0) is 31.0 Å². The number of carbonyl (C=O) groups is 1. The molecule has 0 aromatic carbocycles. The molecule has 112 valence electrons. The van der Waals surface area contributed by atoms with E-state index in [0.717, 1.165) is 44.1 Å². The van der Waals surface area contributed by atoms with Gasteiger partial charge in [-0.15, -0.1) is 0 Å². The summed E-state index contributed by atoms with van der Waals surface area (Å²) < 4.78 is 0. The third kappa shape index (κ3) is 2.03. The van der Waals surface area contributed by atoms with Crippen molar-refractivity contribution in [2.45, 2.75) is 12.8 Å². The predicted octanol–water partition coefficient (Wildman–Crippen LogP) is 1.50. The van der Waals surface area contributed by atoms with Crippen molar-refractivity contribution in [1.82, 2.24) is 15.0 Å². The summed E-state index contributed by atoms with van der Waals surface area (Å²) in [7, 11) is 0. The largest absolute Gasteiger partial charge is 0.341 e. The molecule has 0 saturated carbocycles. The number of aromatic nitrogens is 3. The van der Waals surface area contributed by atoms with Gasteiger partial charge in [-0.3, -0.25) is 9.78 Å². The topological polar surface area (TPSA) is 62.2 Å². The van der Waals surface area contributed by atoms with Gasteiger partial charge in [0.1, 0.15) is 0 Å². The van der Waals surface area contributed by atoms with E-state index in [9.17, 15) is 4.79 Å². The van der Waals surface area contributed by atoms with E-state index in [0.29, 0.717) is 0 Å². The zero-order chi connectivity index (χ0) is 15.0. The molecule has 4 rings (SSSR count). The summed E-state index contributed by atoms with van der Waals surface area (Å²) in [6.07, 6.45) is 8.71. The quantitative estimate of drug-likeness (QED) is 0.786. The molecule has 6 nitrogen and oxygen atoms in total. The van der Waals surface area contributed by atoms with E-state index in [1.807, 2.05) is 23.1 Å². The normalized spacial score (nSPS) is 20.1. The smallest absolute Gasteiger partial charge is 0.235 e. The first-order chi connectivity index (χ1) is 10.8. The number of anilines is 2. The summed E-state index contributed by atoms with van der Waals surface area (Å²) in [5.41, 5.74) is 0.702. The van der Waals surface area contributed by atoms with Gasteiger partial charge in [0.2, 0.25) is 11.9 Å². The van der Waals surface area contributed by atoms with E-state index in [-0.39, 0.29) is 11.3 Å². The first kappa shape index (κ1) is 13.2. The molecule has 2 saturated heterocycles. The van der Waals surface area contributed by atoms with Gasteiger partial charge in [0, 0.05) is 38.2 Å². The number of piperidine rings is 1. The van der Waals surface area contributed by atoms with Crippen molar-refractivity contribution >= 4 is 17.5 Å². The molecule has 0 aliphatic carbocycles. The van der Waals surface area contributed by atoms with Crippen LogP contribution in [0.3, 0.4) is 0 Å². The standard InChI is InChI=1S/C16H17N5O/c22-14-16(12-21(14)13-3-1-6-17-11-13)4-9-20(10-5-16)15-18-7-2-8-19-15/h1-3,6-8,11H,4-5,9-10,12H2. The van der Waals surface area contributed by atoms with Gasteiger partial charge in [0.15, 0.2) is 0 Å². The average molecular weight is 295 g/mol. The second kappa shape index (κ2) is 5.05. The number of β-lactam (4-membered cyclic amide) rings is 1. The molecule has 0 N–H and O–H groups in total. The van der Waals surface area contributed by atoms with E-state index in [2.05, 4.69) is 19.9 Å². The third-order valence-corrected chi connectivity index (χ3v) is 4.67. The van der Waals surface area contributed by atoms with Crippen molar-refractivity contribution in [2.24, 2.45) is 5.41 Å².